The first-order chi connectivity index (χ1) is 8.00. The fourth-order valence-corrected chi connectivity index (χ4v) is 2.27. The molecular weight excluding hydrogens is 232 g/mol. The van der Waals surface area contributed by atoms with E-state index in [1.807, 2.05) is 19.1 Å². The van der Waals surface area contributed by atoms with Crippen molar-refractivity contribution in [2.75, 3.05) is 5.75 Å². The number of nitrogens with zero attached hydrogens (tertiary/aromatic N) is 2. The van der Waals surface area contributed by atoms with Crippen LogP contribution in [0, 0.1) is 18.3 Å². The van der Waals surface area contributed by atoms with E-state index in [1.54, 1.807) is 6.92 Å². The maximum Gasteiger partial charge on any atom is 0.166 e. The predicted molar refractivity (Wildman–Crippen MR) is 69.8 cm³/mol. The summed E-state index contributed by atoms with van der Waals surface area (Å²) in [7, 11) is 0. The van der Waals surface area contributed by atoms with Crippen LogP contribution in [-0.4, -0.2) is 21.3 Å². The van der Waals surface area contributed by atoms with E-state index in [-0.39, 0.29) is 0 Å². The second kappa shape index (κ2) is 4.40. The molecule has 3 N–H and O–H groups in total. The largest absolute Gasteiger partial charge is 0.333 e. The number of hydrogen-bond acceptors (Lipinski definition) is 4. The van der Waals surface area contributed by atoms with Gasteiger partial charge in [-0.05, 0) is 31.5 Å². The molecule has 0 aliphatic carbocycles. The molecule has 0 aliphatic rings. The van der Waals surface area contributed by atoms with Crippen molar-refractivity contribution < 1.29 is 0 Å². The quantitative estimate of drug-likeness (QED) is 0.814. The molecule has 0 saturated heterocycles. The Morgan fingerprint density at radius 3 is 3.06 bits per heavy atom. The Hall–Kier alpha value is -1.51. The lowest BCUT2D eigenvalue weighted by Gasteiger charge is -2.12. The van der Waals surface area contributed by atoms with Gasteiger partial charge in [-0.3, -0.25) is 0 Å². The third-order valence-electron chi connectivity index (χ3n) is 2.38. The topological polar surface area (TPSA) is 78.5 Å². The Kier molecular flexibility index (Phi) is 3.09. The number of hydrogen-bond donors (Lipinski definition) is 2. The minimum atomic E-state index is -0.820. The summed E-state index contributed by atoms with van der Waals surface area (Å²) in [5.74, 6) is 0.516. The smallest absolute Gasteiger partial charge is 0.166 e. The number of benzene rings is 1. The minimum Gasteiger partial charge on any atom is -0.333 e. The van der Waals surface area contributed by atoms with Gasteiger partial charge in [0.05, 0.1) is 17.1 Å². The molecule has 1 aromatic heterocycles. The van der Waals surface area contributed by atoms with Crippen LogP contribution in [0.2, 0.25) is 0 Å². The molecule has 5 heteroatoms. The molecule has 0 aliphatic heterocycles. The van der Waals surface area contributed by atoms with Gasteiger partial charge in [0.1, 0.15) is 5.54 Å². The SMILES string of the molecule is Cc1ccc2nc(SCC(C)(N)C#N)[nH]c2c1. The van der Waals surface area contributed by atoms with Gasteiger partial charge in [-0.25, -0.2) is 4.98 Å². The molecule has 0 amide bonds. The number of nitriles is 1. The Morgan fingerprint density at radius 1 is 1.59 bits per heavy atom. The zero-order chi connectivity index (χ0) is 12.5. The van der Waals surface area contributed by atoms with Crippen LogP contribution >= 0.6 is 11.8 Å². The van der Waals surface area contributed by atoms with Crippen LogP contribution < -0.4 is 5.73 Å². The molecule has 0 radical (unpaired) electrons. The summed E-state index contributed by atoms with van der Waals surface area (Å²) < 4.78 is 0. The van der Waals surface area contributed by atoms with Crippen molar-refractivity contribution in [3.05, 3.63) is 23.8 Å². The maximum atomic E-state index is 8.83. The molecule has 2 aromatic rings. The van der Waals surface area contributed by atoms with E-state index in [9.17, 15) is 0 Å². The van der Waals surface area contributed by atoms with Crippen LogP contribution in [-0.2, 0) is 0 Å². The van der Waals surface area contributed by atoms with E-state index in [0.29, 0.717) is 5.75 Å². The van der Waals surface area contributed by atoms with Gasteiger partial charge >= 0.3 is 0 Å². The van der Waals surface area contributed by atoms with Crippen molar-refractivity contribution in [3.8, 4) is 6.07 Å². The van der Waals surface area contributed by atoms with Crippen LogP contribution in [0.1, 0.15) is 12.5 Å². The number of aryl methyl sites for hydroxylation is 1. The van der Waals surface area contributed by atoms with Crippen molar-refractivity contribution >= 4 is 22.8 Å². The van der Waals surface area contributed by atoms with Gasteiger partial charge in [0.2, 0.25) is 0 Å². The van der Waals surface area contributed by atoms with E-state index in [1.165, 1.54) is 17.3 Å². The third kappa shape index (κ3) is 2.78. The molecule has 88 valence electrons. The van der Waals surface area contributed by atoms with Crippen molar-refractivity contribution in [2.45, 2.75) is 24.5 Å². The monoisotopic (exact) mass is 246 g/mol. The predicted octanol–water partition coefficient (Wildman–Crippen LogP) is 2.20. The number of imidazole rings is 1. The number of nitrogens with two attached hydrogens (primary N) is 1. The maximum absolute atomic E-state index is 8.83. The third-order valence-corrected chi connectivity index (χ3v) is 3.59. The molecule has 4 nitrogen and oxygen atoms in total. The zero-order valence-electron chi connectivity index (χ0n) is 9.82. The summed E-state index contributed by atoms with van der Waals surface area (Å²) in [5.41, 5.74) is 8.09. The van der Waals surface area contributed by atoms with Gasteiger partial charge in [0, 0.05) is 5.75 Å². The van der Waals surface area contributed by atoms with Crippen molar-refractivity contribution in [1.82, 2.24) is 9.97 Å². The van der Waals surface area contributed by atoms with Crippen LogP contribution in [0.15, 0.2) is 23.4 Å². The van der Waals surface area contributed by atoms with Gasteiger partial charge in [-0.1, -0.05) is 17.8 Å². The van der Waals surface area contributed by atoms with E-state index in [4.69, 9.17) is 11.0 Å². The Balaban J connectivity index is 2.18. The number of thioether (sulfide) groups is 1. The van der Waals surface area contributed by atoms with E-state index < -0.39 is 5.54 Å². The van der Waals surface area contributed by atoms with Gasteiger partial charge in [0.15, 0.2) is 5.16 Å². The number of aromatic nitrogens is 2. The van der Waals surface area contributed by atoms with Gasteiger partial charge < -0.3 is 10.7 Å². The molecule has 1 atom stereocenters. The lowest BCUT2D eigenvalue weighted by atomic mass is 10.1. The van der Waals surface area contributed by atoms with Crippen molar-refractivity contribution in [3.63, 3.8) is 0 Å². The second-order valence-corrected chi connectivity index (χ2v) is 5.34. The van der Waals surface area contributed by atoms with E-state index >= 15 is 0 Å². The zero-order valence-corrected chi connectivity index (χ0v) is 10.6. The molecule has 0 spiro atoms. The highest BCUT2D eigenvalue weighted by Gasteiger charge is 2.18. The molecule has 1 heterocycles. The number of nitrogens with one attached hydrogen (secondary N) is 1. The van der Waals surface area contributed by atoms with E-state index in [0.717, 1.165) is 16.2 Å². The number of H-pyrrole nitrogens is 1. The number of aromatic amines is 1. The van der Waals surface area contributed by atoms with Gasteiger partial charge in [-0.15, -0.1) is 0 Å². The number of rotatable bonds is 3. The molecule has 17 heavy (non-hydrogen) atoms. The first kappa shape index (κ1) is 12.0. The Bertz CT molecular complexity index is 580. The average Bonchev–Trinajstić information content (AvgIpc) is 2.68. The van der Waals surface area contributed by atoms with Gasteiger partial charge in [-0.2, -0.15) is 5.26 Å². The normalized spacial score (nSPS) is 14.5. The van der Waals surface area contributed by atoms with Crippen LogP contribution in [0.25, 0.3) is 11.0 Å². The highest BCUT2D eigenvalue weighted by atomic mass is 32.2. The Labute approximate surface area is 104 Å². The van der Waals surface area contributed by atoms with Crippen molar-refractivity contribution in [2.24, 2.45) is 5.73 Å². The summed E-state index contributed by atoms with van der Waals surface area (Å²) in [6, 6.07) is 8.13. The second-order valence-electron chi connectivity index (χ2n) is 4.38. The molecule has 1 aromatic carbocycles. The van der Waals surface area contributed by atoms with Crippen LogP contribution in [0.3, 0.4) is 0 Å². The summed E-state index contributed by atoms with van der Waals surface area (Å²) in [5, 5.41) is 9.63. The molecule has 1 unspecified atom stereocenters. The molecule has 2 rings (SSSR count). The molecular formula is C12H14N4S. The highest BCUT2D eigenvalue weighted by Crippen LogP contribution is 2.22. The summed E-state index contributed by atoms with van der Waals surface area (Å²) in [4.78, 5) is 7.65. The fourth-order valence-electron chi connectivity index (χ4n) is 1.42. The molecule has 0 bridgehead atoms. The van der Waals surface area contributed by atoms with Crippen LogP contribution in [0.5, 0.6) is 0 Å². The van der Waals surface area contributed by atoms with E-state index in [2.05, 4.69) is 22.1 Å². The lowest BCUT2D eigenvalue weighted by molar-refractivity contribution is 0.681. The lowest BCUT2D eigenvalue weighted by Crippen LogP contribution is -2.36. The summed E-state index contributed by atoms with van der Waals surface area (Å²) in [6.07, 6.45) is 0. The standard InChI is InChI=1S/C12H14N4S/c1-8-3-4-9-10(5-8)16-11(15-9)17-7-12(2,14)6-13/h3-5H,7,14H2,1-2H3,(H,15,16). The first-order valence-corrected chi connectivity index (χ1v) is 6.28. The average molecular weight is 246 g/mol. The molecule has 0 saturated carbocycles. The summed E-state index contributed by atoms with van der Waals surface area (Å²) >= 11 is 1.47. The number of fused-ring (bicyclic) bond motifs is 1. The fraction of sp³-hybridized carbons (Fsp3) is 0.333. The van der Waals surface area contributed by atoms with Gasteiger partial charge in [0.25, 0.3) is 0 Å². The molecule has 0 fully saturated rings. The van der Waals surface area contributed by atoms with Crippen molar-refractivity contribution in [1.29, 1.82) is 5.26 Å². The minimum absolute atomic E-state index is 0.516. The first-order valence-electron chi connectivity index (χ1n) is 5.29. The highest BCUT2D eigenvalue weighted by molar-refractivity contribution is 7.99. The summed E-state index contributed by atoms with van der Waals surface area (Å²) in [6.45, 7) is 3.76. The Morgan fingerprint density at radius 2 is 2.35 bits per heavy atom. The van der Waals surface area contributed by atoms with Crippen LogP contribution in [0.4, 0.5) is 0 Å².